The molecule has 0 spiro atoms. The van der Waals surface area contributed by atoms with E-state index in [1.54, 1.807) is 19.6 Å². The standard InChI is InChI=1S/C23H24N6O2S/c1-16(18-8-10-19(11-9-18)28-13-12-24-15-28)25-22(30)14-32-23-27-26-17(2)29(23)20-6-4-5-7-21(20)31-3/h4-13,15-16H,14H2,1-3H3,(H,25,30)/t16-/m1/s1. The quantitative estimate of drug-likeness (QED) is 0.413. The molecule has 0 radical (unpaired) electrons. The number of thioether (sulfide) groups is 1. The first kappa shape index (κ1) is 21.6. The second-order valence-corrected chi connectivity index (χ2v) is 8.12. The van der Waals surface area contributed by atoms with Gasteiger partial charge in [0.05, 0.1) is 30.9 Å². The predicted octanol–water partition coefficient (Wildman–Crippen LogP) is 3.74. The van der Waals surface area contributed by atoms with Gasteiger partial charge in [0, 0.05) is 18.1 Å². The van der Waals surface area contributed by atoms with E-state index in [0.717, 1.165) is 28.5 Å². The van der Waals surface area contributed by atoms with Gasteiger partial charge in [0.25, 0.3) is 0 Å². The molecule has 0 aliphatic heterocycles. The number of para-hydroxylation sites is 2. The highest BCUT2D eigenvalue weighted by molar-refractivity contribution is 7.99. The Bertz CT molecular complexity index is 1190. The number of carbonyl (C=O) groups excluding carboxylic acids is 1. The van der Waals surface area contributed by atoms with E-state index in [1.807, 2.05) is 77.7 Å². The Kier molecular flexibility index (Phi) is 6.55. The Balaban J connectivity index is 1.39. The monoisotopic (exact) mass is 448 g/mol. The van der Waals surface area contributed by atoms with E-state index in [9.17, 15) is 4.79 Å². The lowest BCUT2D eigenvalue weighted by atomic mass is 10.1. The van der Waals surface area contributed by atoms with Gasteiger partial charge in [0.2, 0.25) is 5.91 Å². The summed E-state index contributed by atoms with van der Waals surface area (Å²) in [5.41, 5.74) is 2.89. The molecule has 0 fully saturated rings. The second kappa shape index (κ2) is 9.69. The van der Waals surface area contributed by atoms with E-state index >= 15 is 0 Å². The molecule has 0 unspecified atom stereocenters. The van der Waals surface area contributed by atoms with Gasteiger partial charge in [0.1, 0.15) is 11.6 Å². The van der Waals surface area contributed by atoms with Crippen LogP contribution < -0.4 is 10.1 Å². The SMILES string of the molecule is COc1ccccc1-n1c(C)nnc1SCC(=O)N[C@H](C)c1ccc(-n2ccnc2)cc1. The van der Waals surface area contributed by atoms with E-state index in [1.165, 1.54) is 11.8 Å². The van der Waals surface area contributed by atoms with Crippen molar-refractivity contribution >= 4 is 17.7 Å². The molecule has 0 saturated carbocycles. The number of hydrogen-bond donors (Lipinski definition) is 1. The molecular formula is C23H24N6O2S. The van der Waals surface area contributed by atoms with E-state index < -0.39 is 0 Å². The highest BCUT2D eigenvalue weighted by atomic mass is 32.2. The largest absolute Gasteiger partial charge is 0.495 e. The van der Waals surface area contributed by atoms with E-state index in [-0.39, 0.29) is 17.7 Å². The van der Waals surface area contributed by atoms with Crippen LogP contribution in [0.3, 0.4) is 0 Å². The molecular weight excluding hydrogens is 424 g/mol. The normalized spacial score (nSPS) is 11.8. The smallest absolute Gasteiger partial charge is 0.230 e. The van der Waals surface area contributed by atoms with Crippen LogP contribution in [0.15, 0.2) is 72.4 Å². The second-order valence-electron chi connectivity index (χ2n) is 7.18. The number of methoxy groups -OCH3 is 1. The van der Waals surface area contributed by atoms with Crippen LogP contribution in [-0.4, -0.2) is 43.1 Å². The van der Waals surface area contributed by atoms with Crippen molar-refractivity contribution in [1.29, 1.82) is 0 Å². The van der Waals surface area contributed by atoms with Crippen molar-refractivity contribution < 1.29 is 9.53 Å². The Morgan fingerprint density at radius 3 is 2.66 bits per heavy atom. The maximum absolute atomic E-state index is 12.6. The third-order valence-electron chi connectivity index (χ3n) is 5.03. The van der Waals surface area contributed by atoms with Gasteiger partial charge >= 0.3 is 0 Å². The van der Waals surface area contributed by atoms with Gasteiger partial charge < -0.3 is 14.6 Å². The number of ether oxygens (including phenoxy) is 1. The van der Waals surface area contributed by atoms with Gasteiger partial charge in [-0.05, 0) is 43.7 Å². The number of nitrogens with zero attached hydrogens (tertiary/aromatic N) is 5. The molecule has 0 saturated heterocycles. The molecule has 1 N–H and O–H groups in total. The molecule has 1 amide bonds. The molecule has 2 heterocycles. The summed E-state index contributed by atoms with van der Waals surface area (Å²) < 4.78 is 9.30. The molecule has 0 aliphatic rings. The molecule has 2 aromatic heterocycles. The summed E-state index contributed by atoms with van der Waals surface area (Å²) in [5.74, 6) is 1.59. The average molecular weight is 449 g/mol. The number of amides is 1. The maximum Gasteiger partial charge on any atom is 0.230 e. The Labute approximate surface area is 190 Å². The van der Waals surface area contributed by atoms with Crippen LogP contribution in [0.4, 0.5) is 0 Å². The van der Waals surface area contributed by atoms with Crippen molar-refractivity contribution in [3.63, 3.8) is 0 Å². The molecule has 8 nitrogen and oxygen atoms in total. The summed E-state index contributed by atoms with van der Waals surface area (Å²) >= 11 is 1.34. The topological polar surface area (TPSA) is 86.9 Å². The van der Waals surface area contributed by atoms with Gasteiger partial charge in [0.15, 0.2) is 5.16 Å². The van der Waals surface area contributed by atoms with Gasteiger partial charge in [-0.25, -0.2) is 4.98 Å². The Morgan fingerprint density at radius 2 is 1.94 bits per heavy atom. The van der Waals surface area contributed by atoms with Crippen molar-refractivity contribution in [2.24, 2.45) is 0 Å². The number of aromatic nitrogens is 5. The zero-order chi connectivity index (χ0) is 22.5. The van der Waals surface area contributed by atoms with Gasteiger partial charge in [-0.1, -0.05) is 36.0 Å². The Hall–Kier alpha value is -3.59. The third kappa shape index (κ3) is 4.67. The molecule has 0 bridgehead atoms. The Morgan fingerprint density at radius 1 is 1.16 bits per heavy atom. The van der Waals surface area contributed by atoms with Crippen LogP contribution >= 0.6 is 11.8 Å². The first-order valence-electron chi connectivity index (χ1n) is 10.1. The van der Waals surface area contributed by atoms with Crippen molar-refractivity contribution in [2.75, 3.05) is 12.9 Å². The van der Waals surface area contributed by atoms with Gasteiger partial charge in [-0.15, -0.1) is 10.2 Å². The minimum atomic E-state index is -0.117. The van der Waals surface area contributed by atoms with Crippen molar-refractivity contribution in [3.05, 3.63) is 78.6 Å². The van der Waals surface area contributed by atoms with Crippen LogP contribution in [0.25, 0.3) is 11.4 Å². The summed E-state index contributed by atoms with van der Waals surface area (Å²) in [6.07, 6.45) is 5.39. The molecule has 4 aromatic rings. The van der Waals surface area contributed by atoms with E-state index in [4.69, 9.17) is 4.74 Å². The lowest BCUT2D eigenvalue weighted by molar-refractivity contribution is -0.119. The molecule has 1 atom stereocenters. The number of hydrogen-bond acceptors (Lipinski definition) is 6. The van der Waals surface area contributed by atoms with Crippen molar-refractivity contribution in [2.45, 2.75) is 25.0 Å². The number of carbonyl (C=O) groups is 1. The highest BCUT2D eigenvalue weighted by Gasteiger charge is 2.17. The van der Waals surface area contributed by atoms with Crippen molar-refractivity contribution in [1.82, 2.24) is 29.6 Å². The molecule has 4 rings (SSSR count). The lowest BCUT2D eigenvalue weighted by Gasteiger charge is -2.15. The number of benzene rings is 2. The highest BCUT2D eigenvalue weighted by Crippen LogP contribution is 2.28. The zero-order valence-corrected chi connectivity index (χ0v) is 18.9. The maximum atomic E-state index is 12.6. The third-order valence-corrected chi connectivity index (χ3v) is 5.96. The average Bonchev–Trinajstić information content (AvgIpc) is 3.48. The number of aryl methyl sites for hydroxylation is 1. The molecule has 9 heteroatoms. The fraction of sp³-hybridized carbons (Fsp3) is 0.217. The summed E-state index contributed by atoms with van der Waals surface area (Å²) in [5, 5.41) is 12.1. The van der Waals surface area contributed by atoms with Crippen LogP contribution in [0.1, 0.15) is 24.4 Å². The first-order chi connectivity index (χ1) is 15.6. The minimum Gasteiger partial charge on any atom is -0.495 e. The van der Waals surface area contributed by atoms with Crippen LogP contribution in [-0.2, 0) is 4.79 Å². The number of imidazole rings is 1. The fourth-order valence-corrected chi connectivity index (χ4v) is 4.17. The number of rotatable bonds is 8. The van der Waals surface area contributed by atoms with Crippen LogP contribution in [0.5, 0.6) is 5.75 Å². The molecule has 2 aromatic carbocycles. The lowest BCUT2D eigenvalue weighted by Crippen LogP contribution is -2.28. The zero-order valence-electron chi connectivity index (χ0n) is 18.1. The summed E-state index contributed by atoms with van der Waals surface area (Å²) in [6.45, 7) is 3.84. The number of nitrogens with one attached hydrogen (secondary N) is 1. The molecule has 0 aliphatic carbocycles. The summed E-state index contributed by atoms with van der Waals surface area (Å²) in [6, 6.07) is 15.6. The summed E-state index contributed by atoms with van der Waals surface area (Å²) in [7, 11) is 1.63. The van der Waals surface area contributed by atoms with E-state index in [2.05, 4.69) is 20.5 Å². The minimum absolute atomic E-state index is 0.0755. The fourth-order valence-electron chi connectivity index (χ4n) is 3.37. The van der Waals surface area contributed by atoms with Crippen molar-refractivity contribution in [3.8, 4) is 17.1 Å². The van der Waals surface area contributed by atoms with Crippen LogP contribution in [0, 0.1) is 6.92 Å². The molecule has 164 valence electrons. The van der Waals surface area contributed by atoms with Gasteiger partial charge in [-0.2, -0.15) is 0 Å². The predicted molar refractivity (Wildman–Crippen MR) is 123 cm³/mol. The van der Waals surface area contributed by atoms with Crippen LogP contribution in [0.2, 0.25) is 0 Å². The summed E-state index contributed by atoms with van der Waals surface area (Å²) in [4.78, 5) is 16.7. The molecule has 32 heavy (non-hydrogen) atoms. The van der Waals surface area contributed by atoms with Gasteiger partial charge in [-0.3, -0.25) is 9.36 Å². The first-order valence-corrected chi connectivity index (χ1v) is 11.1. The van der Waals surface area contributed by atoms with E-state index in [0.29, 0.717) is 5.16 Å².